The molecule has 2 aromatic heterocycles. The van der Waals surface area contributed by atoms with Crippen LogP contribution in [0.4, 0.5) is 10.2 Å². The molecule has 0 bridgehead atoms. The molecule has 1 amide bonds. The maximum Gasteiger partial charge on any atom is 0.338 e. The van der Waals surface area contributed by atoms with Gasteiger partial charge in [0.15, 0.2) is 5.82 Å². The Morgan fingerprint density at radius 2 is 1.80 bits per heavy atom. The minimum atomic E-state index is -0.703. The molecule has 0 unspecified atom stereocenters. The number of halogens is 2. The first kappa shape index (κ1) is 23.8. The topological polar surface area (TPSA) is 84.4 Å². The van der Waals surface area contributed by atoms with Crippen LogP contribution in [0.2, 0.25) is 5.02 Å². The Morgan fingerprint density at radius 1 is 1.06 bits per heavy atom. The number of nitrogens with zero attached hydrogens (tertiary/aromatic N) is 3. The van der Waals surface area contributed by atoms with Gasteiger partial charge in [-0.05, 0) is 64.7 Å². The van der Waals surface area contributed by atoms with Crippen molar-refractivity contribution < 1.29 is 18.7 Å². The second-order valence-electron chi connectivity index (χ2n) is 7.46. The van der Waals surface area contributed by atoms with Gasteiger partial charge < -0.3 is 4.74 Å². The number of hydrogen-bond donors (Lipinski definition) is 1. The number of hydrogen-bond acceptors (Lipinski definition) is 6. The number of benzene rings is 2. The van der Waals surface area contributed by atoms with E-state index in [2.05, 4.69) is 15.4 Å². The van der Waals surface area contributed by atoms with E-state index in [-0.39, 0.29) is 12.1 Å². The fraction of sp³-hybridized carbons (Fsp3) is 0.0769. The van der Waals surface area contributed by atoms with Crippen LogP contribution < -0.4 is 5.43 Å². The Labute approximate surface area is 206 Å². The normalized spacial score (nSPS) is 10.5. The van der Waals surface area contributed by atoms with Crippen LogP contribution in [0.25, 0.3) is 22.3 Å². The Kier molecular flexibility index (Phi) is 7.32. The Hall–Kier alpha value is -4.30. The van der Waals surface area contributed by atoms with Gasteiger partial charge in [-0.3, -0.25) is 20.2 Å². The number of aromatic nitrogens is 2. The van der Waals surface area contributed by atoms with Crippen LogP contribution >= 0.6 is 11.6 Å². The van der Waals surface area contributed by atoms with E-state index in [0.717, 1.165) is 28.3 Å². The third-order valence-electron chi connectivity index (χ3n) is 5.27. The van der Waals surface area contributed by atoms with Gasteiger partial charge in [-0.25, -0.2) is 14.2 Å². The third-order valence-corrected chi connectivity index (χ3v) is 5.52. The highest BCUT2D eigenvalue weighted by Gasteiger charge is 2.19. The molecule has 35 heavy (non-hydrogen) atoms. The van der Waals surface area contributed by atoms with Crippen LogP contribution in [0.15, 0.2) is 79.3 Å². The van der Waals surface area contributed by atoms with E-state index in [0.29, 0.717) is 22.8 Å². The minimum absolute atomic E-state index is 0.0263. The summed E-state index contributed by atoms with van der Waals surface area (Å²) >= 11 is 6.07. The molecule has 0 aliphatic heterocycles. The highest BCUT2D eigenvalue weighted by atomic mass is 35.5. The SMILES string of the molecule is COC(=O)c1cc(F)ccc1CN(C=O)Nc1nccc(-c2ccc(Cl)cc2)c1-c1ccncc1. The summed E-state index contributed by atoms with van der Waals surface area (Å²) in [4.78, 5) is 32.7. The molecule has 0 radical (unpaired) electrons. The van der Waals surface area contributed by atoms with E-state index in [9.17, 15) is 14.0 Å². The Balaban J connectivity index is 1.75. The summed E-state index contributed by atoms with van der Waals surface area (Å²) in [5.74, 6) is -0.889. The molecule has 0 spiro atoms. The quantitative estimate of drug-likeness (QED) is 0.203. The molecule has 0 aliphatic rings. The van der Waals surface area contributed by atoms with Gasteiger partial charge in [-0.2, -0.15) is 0 Å². The van der Waals surface area contributed by atoms with Crippen LogP contribution in [0, 0.1) is 5.82 Å². The molecular weight excluding hydrogens is 471 g/mol. The van der Waals surface area contributed by atoms with Crippen molar-refractivity contribution in [3.05, 3.63) is 101 Å². The third kappa shape index (κ3) is 5.44. The molecule has 4 aromatic rings. The van der Waals surface area contributed by atoms with Gasteiger partial charge in [0.2, 0.25) is 6.41 Å². The number of carbonyl (C=O) groups is 2. The van der Waals surface area contributed by atoms with Crippen LogP contribution in [0.3, 0.4) is 0 Å². The molecule has 0 atom stereocenters. The molecule has 1 N–H and O–H groups in total. The number of esters is 1. The van der Waals surface area contributed by atoms with Gasteiger partial charge in [-0.15, -0.1) is 0 Å². The average molecular weight is 491 g/mol. The number of amides is 1. The lowest BCUT2D eigenvalue weighted by atomic mass is 9.96. The molecule has 0 aliphatic carbocycles. The van der Waals surface area contributed by atoms with E-state index < -0.39 is 11.8 Å². The van der Waals surface area contributed by atoms with E-state index >= 15 is 0 Å². The summed E-state index contributed by atoms with van der Waals surface area (Å²) < 4.78 is 18.5. The summed E-state index contributed by atoms with van der Waals surface area (Å²) in [5.41, 5.74) is 6.76. The van der Waals surface area contributed by atoms with Crippen molar-refractivity contribution in [1.29, 1.82) is 0 Å². The van der Waals surface area contributed by atoms with Crippen LogP contribution in [0.1, 0.15) is 15.9 Å². The van der Waals surface area contributed by atoms with Crippen molar-refractivity contribution in [3.63, 3.8) is 0 Å². The lowest BCUT2D eigenvalue weighted by Gasteiger charge is -2.23. The Bertz CT molecular complexity index is 1350. The van der Waals surface area contributed by atoms with E-state index in [1.54, 1.807) is 30.7 Å². The van der Waals surface area contributed by atoms with Gasteiger partial charge in [0.1, 0.15) is 5.82 Å². The Morgan fingerprint density at radius 3 is 2.49 bits per heavy atom. The molecule has 0 saturated heterocycles. The zero-order chi connectivity index (χ0) is 24.8. The average Bonchev–Trinajstić information content (AvgIpc) is 2.89. The summed E-state index contributed by atoms with van der Waals surface area (Å²) in [6, 6.07) is 16.6. The fourth-order valence-electron chi connectivity index (χ4n) is 3.64. The second kappa shape index (κ2) is 10.8. The molecule has 176 valence electrons. The molecule has 2 heterocycles. The van der Waals surface area contributed by atoms with Crippen LogP contribution in [0.5, 0.6) is 0 Å². The number of pyridine rings is 2. The molecule has 9 heteroatoms. The number of carbonyl (C=O) groups excluding carboxylic acids is 2. The largest absolute Gasteiger partial charge is 0.465 e. The lowest BCUT2D eigenvalue weighted by Crippen LogP contribution is -2.29. The number of ether oxygens (including phenoxy) is 1. The van der Waals surface area contributed by atoms with Gasteiger partial charge in [0, 0.05) is 29.2 Å². The number of hydrazine groups is 1. The predicted molar refractivity (Wildman–Crippen MR) is 131 cm³/mol. The molecule has 0 fully saturated rings. The van der Waals surface area contributed by atoms with Crippen molar-refractivity contribution in [1.82, 2.24) is 15.0 Å². The highest BCUT2D eigenvalue weighted by molar-refractivity contribution is 6.30. The molecular formula is C26H20ClFN4O3. The summed E-state index contributed by atoms with van der Waals surface area (Å²) in [6.07, 6.45) is 5.52. The van der Waals surface area contributed by atoms with Crippen molar-refractivity contribution in [3.8, 4) is 22.3 Å². The number of anilines is 1. The van der Waals surface area contributed by atoms with Crippen molar-refractivity contribution >= 4 is 29.8 Å². The van der Waals surface area contributed by atoms with E-state index in [4.69, 9.17) is 16.3 Å². The molecule has 7 nitrogen and oxygen atoms in total. The molecule has 2 aromatic carbocycles. The fourth-order valence-corrected chi connectivity index (χ4v) is 3.76. The van der Waals surface area contributed by atoms with Gasteiger partial charge in [-0.1, -0.05) is 29.8 Å². The first-order valence-electron chi connectivity index (χ1n) is 10.5. The highest BCUT2D eigenvalue weighted by Crippen LogP contribution is 2.37. The summed E-state index contributed by atoms with van der Waals surface area (Å²) in [6.45, 7) is -0.0448. The van der Waals surface area contributed by atoms with E-state index in [1.165, 1.54) is 24.3 Å². The maximum atomic E-state index is 13.8. The van der Waals surface area contributed by atoms with Gasteiger partial charge in [0.05, 0.1) is 19.2 Å². The minimum Gasteiger partial charge on any atom is -0.465 e. The predicted octanol–water partition coefficient (Wildman–Crippen LogP) is 5.38. The van der Waals surface area contributed by atoms with Gasteiger partial charge in [0.25, 0.3) is 0 Å². The van der Waals surface area contributed by atoms with E-state index in [1.807, 2.05) is 30.3 Å². The zero-order valence-electron chi connectivity index (χ0n) is 18.6. The van der Waals surface area contributed by atoms with Crippen molar-refractivity contribution in [2.45, 2.75) is 6.54 Å². The lowest BCUT2D eigenvalue weighted by molar-refractivity contribution is -0.117. The van der Waals surface area contributed by atoms with Gasteiger partial charge >= 0.3 is 5.97 Å². The molecule has 0 saturated carbocycles. The summed E-state index contributed by atoms with van der Waals surface area (Å²) in [5, 5.41) is 1.83. The first-order valence-corrected chi connectivity index (χ1v) is 10.9. The maximum absolute atomic E-state index is 13.8. The smallest absolute Gasteiger partial charge is 0.338 e. The van der Waals surface area contributed by atoms with Crippen molar-refractivity contribution in [2.75, 3.05) is 12.5 Å². The second-order valence-corrected chi connectivity index (χ2v) is 7.90. The number of methoxy groups -OCH3 is 1. The first-order chi connectivity index (χ1) is 17.0. The van der Waals surface area contributed by atoms with Crippen LogP contribution in [-0.4, -0.2) is 34.5 Å². The zero-order valence-corrected chi connectivity index (χ0v) is 19.4. The van der Waals surface area contributed by atoms with Crippen molar-refractivity contribution in [2.24, 2.45) is 0 Å². The number of rotatable bonds is 8. The monoisotopic (exact) mass is 490 g/mol. The molecule has 4 rings (SSSR count). The number of nitrogens with one attached hydrogen (secondary N) is 1. The van der Waals surface area contributed by atoms with Crippen LogP contribution in [-0.2, 0) is 16.1 Å². The standard InChI is InChI=1S/C26H20ClFN4O3/c1-35-26(34)23-14-21(28)7-4-19(23)15-32(16-33)31-25-24(18-8-11-29-12-9-18)22(10-13-30-25)17-2-5-20(27)6-3-17/h2-14,16H,15H2,1H3,(H,30,31). The summed E-state index contributed by atoms with van der Waals surface area (Å²) in [7, 11) is 1.21.